The first kappa shape index (κ1) is 59.3. The summed E-state index contributed by atoms with van der Waals surface area (Å²) in [6.07, 6.45) is 3.66. The van der Waals surface area contributed by atoms with Gasteiger partial charge in [-0.3, -0.25) is 9.13 Å². The Morgan fingerprint density at radius 1 is 0.459 bits per heavy atom. The van der Waals surface area contributed by atoms with E-state index in [4.69, 9.17) is 25.3 Å². The van der Waals surface area contributed by atoms with Crippen molar-refractivity contribution in [1.82, 2.24) is 29.5 Å². The highest BCUT2D eigenvalue weighted by molar-refractivity contribution is 9.10. The van der Waals surface area contributed by atoms with E-state index in [2.05, 4.69) is 245 Å². The number of aromatic nitrogens is 6. The van der Waals surface area contributed by atoms with E-state index in [-0.39, 0.29) is 21.7 Å². The fourth-order valence-electron chi connectivity index (χ4n) is 8.76. The Balaban J connectivity index is 0.000000230. The summed E-state index contributed by atoms with van der Waals surface area (Å²) < 4.78 is 5.63. The van der Waals surface area contributed by atoms with Gasteiger partial charge in [-0.25, -0.2) is 0 Å². The molecule has 8 nitrogen and oxygen atoms in total. The van der Waals surface area contributed by atoms with Crippen LogP contribution in [0.15, 0.2) is 138 Å². The summed E-state index contributed by atoms with van der Waals surface area (Å²) in [4.78, 5) is 0. The summed E-state index contributed by atoms with van der Waals surface area (Å²) in [6, 6.07) is 45.4. The zero-order valence-corrected chi connectivity index (χ0v) is 49.6. The van der Waals surface area contributed by atoms with E-state index < -0.39 is 7.12 Å². The molecule has 2 N–H and O–H groups in total. The third-order valence-electron chi connectivity index (χ3n) is 13.9. The van der Waals surface area contributed by atoms with Crippen LogP contribution < -0.4 is 5.46 Å². The molecule has 0 atom stereocenters. The molecular weight excluding hydrogens is 996 g/mol. The Labute approximate surface area is 457 Å². The van der Waals surface area contributed by atoms with E-state index >= 15 is 0 Å². The van der Waals surface area contributed by atoms with Crippen LogP contribution in [0.2, 0.25) is 0 Å². The van der Waals surface area contributed by atoms with Crippen LogP contribution in [-0.2, 0) is 21.7 Å². The van der Waals surface area contributed by atoms with Gasteiger partial charge in [-0.15, -0.1) is 20.4 Å². The normalized spacial score (nSPS) is 11.7. The second-order valence-corrected chi connectivity index (χ2v) is 23.4. The molecule has 0 radical (unpaired) electrons. The number of thiol groups is 1. The number of hydrogen-bond acceptors (Lipinski definition) is 7. The molecule has 0 aliphatic rings. The topological polar surface area (TPSA) is 102 Å². The van der Waals surface area contributed by atoms with Gasteiger partial charge in [-0.05, 0) is 126 Å². The van der Waals surface area contributed by atoms with E-state index in [9.17, 15) is 0 Å². The Morgan fingerprint density at radius 3 is 1.16 bits per heavy atom. The summed E-state index contributed by atoms with van der Waals surface area (Å²) in [7, 11) is -1.34. The van der Waals surface area contributed by atoms with Crippen molar-refractivity contribution < 1.29 is 10.0 Å². The standard InChI is InChI=1S/C31H37N3.C25H32BrN3.C6H7BO2.CH4S/c1-9-31(7,8)29-33-32-28(25-17-13-16-24(20-25)23-14-11-10-12-15-23)34(29)27-21(2)18-26(19-22(27)3)30(4,5)6;1-9-25(7,8)23-28-27-22(18-11-10-12-20(26)15-18)29(23)21-16(2)13-19(14-17(21)3)24(4,5)6;8-7(9)6-4-2-1-3-5-6;1-2/h10-20H,9H2,1-8H3;10-15H,9H2,1-8H3;1-5,8-9H;2H,1H3. The zero-order chi connectivity index (χ0) is 54.9. The lowest BCUT2D eigenvalue weighted by Crippen LogP contribution is -2.29. The average Bonchev–Trinajstić information content (AvgIpc) is 4.01. The van der Waals surface area contributed by atoms with Crippen LogP contribution in [0.25, 0.3) is 45.3 Å². The molecule has 0 aliphatic heterocycles. The molecule has 2 aromatic heterocycles. The Morgan fingerprint density at radius 2 is 0.811 bits per heavy atom. The van der Waals surface area contributed by atoms with Gasteiger partial charge < -0.3 is 10.0 Å². The number of hydrogen-bond donors (Lipinski definition) is 3. The summed E-state index contributed by atoms with van der Waals surface area (Å²) in [6.45, 7) is 35.8. The summed E-state index contributed by atoms with van der Waals surface area (Å²) >= 11 is 7.13. The van der Waals surface area contributed by atoms with Crippen LogP contribution >= 0.6 is 28.6 Å². The van der Waals surface area contributed by atoms with E-state index in [1.54, 1.807) is 30.5 Å². The molecule has 0 amide bonds. The van der Waals surface area contributed by atoms with Crippen molar-refractivity contribution in [1.29, 1.82) is 0 Å². The van der Waals surface area contributed by atoms with Gasteiger partial charge in [0.1, 0.15) is 11.6 Å². The van der Waals surface area contributed by atoms with Crippen molar-refractivity contribution in [3.05, 3.63) is 183 Å². The van der Waals surface area contributed by atoms with Gasteiger partial charge in [-0.1, -0.05) is 214 Å². The predicted octanol–water partition coefficient (Wildman–Crippen LogP) is 15.4. The van der Waals surface area contributed by atoms with Gasteiger partial charge >= 0.3 is 7.12 Å². The molecule has 0 saturated heterocycles. The molecule has 0 fully saturated rings. The summed E-state index contributed by atoms with van der Waals surface area (Å²) in [5.41, 5.74) is 15.1. The lowest BCUT2D eigenvalue weighted by Gasteiger charge is -2.27. The molecule has 8 rings (SSSR count). The van der Waals surface area contributed by atoms with Gasteiger partial charge in [0, 0.05) is 26.4 Å². The number of rotatable bonds is 10. The highest BCUT2D eigenvalue weighted by Crippen LogP contribution is 2.39. The first-order valence-corrected chi connectivity index (χ1v) is 27.4. The molecule has 11 heteroatoms. The fraction of sp³-hybridized carbons (Fsp3) is 0.365. The summed E-state index contributed by atoms with van der Waals surface area (Å²) in [5, 5.41) is 36.1. The number of aryl methyl sites for hydroxylation is 4. The van der Waals surface area contributed by atoms with Crippen LogP contribution in [0.4, 0.5) is 0 Å². The van der Waals surface area contributed by atoms with Crippen LogP contribution in [0.5, 0.6) is 0 Å². The molecule has 0 saturated carbocycles. The molecule has 0 aliphatic carbocycles. The monoisotopic (exact) mass is 1070 g/mol. The van der Waals surface area contributed by atoms with Gasteiger partial charge in [0.05, 0.1) is 11.4 Å². The molecular formula is C63H80BBrN6O2S. The van der Waals surface area contributed by atoms with Crippen molar-refractivity contribution in [2.75, 3.05) is 6.26 Å². The fourth-order valence-corrected chi connectivity index (χ4v) is 9.16. The number of halogens is 1. The van der Waals surface area contributed by atoms with Crippen LogP contribution in [0.1, 0.15) is 141 Å². The first-order valence-electron chi connectivity index (χ1n) is 25.7. The third kappa shape index (κ3) is 14.0. The van der Waals surface area contributed by atoms with Crippen molar-refractivity contribution in [3.63, 3.8) is 0 Å². The summed E-state index contributed by atoms with van der Waals surface area (Å²) in [5.74, 6) is 3.79. The second kappa shape index (κ2) is 24.8. The Kier molecular flexibility index (Phi) is 19.9. The van der Waals surface area contributed by atoms with Crippen LogP contribution in [0.3, 0.4) is 0 Å². The minimum atomic E-state index is -1.34. The molecule has 0 spiro atoms. The van der Waals surface area contributed by atoms with Crippen molar-refractivity contribution in [2.45, 2.75) is 145 Å². The van der Waals surface area contributed by atoms with Crippen molar-refractivity contribution in [3.8, 4) is 45.3 Å². The third-order valence-corrected chi connectivity index (χ3v) is 14.4. The van der Waals surface area contributed by atoms with Gasteiger partial charge in [0.15, 0.2) is 11.6 Å². The molecule has 390 valence electrons. The van der Waals surface area contributed by atoms with E-state index in [0.717, 1.165) is 51.7 Å². The highest BCUT2D eigenvalue weighted by Gasteiger charge is 2.32. The van der Waals surface area contributed by atoms with Crippen molar-refractivity contribution >= 4 is 41.1 Å². The smallest absolute Gasteiger partial charge is 0.423 e. The Hall–Kier alpha value is -5.59. The average molecular weight is 1080 g/mol. The molecule has 0 unspecified atom stereocenters. The SMILES string of the molecule is CCC(C)(C)c1nnc(-c2cccc(-c3ccccc3)c2)n1-c1c(C)cc(C(C)(C)C)cc1C.CCC(C)(C)c1nnc(-c2cccc(Br)c2)n1-c1c(C)cc(C(C)(C)C)cc1C.CS.OB(O)c1ccccc1. The molecule has 0 bridgehead atoms. The quantitative estimate of drug-likeness (QED) is 0.0932. The predicted molar refractivity (Wildman–Crippen MR) is 321 cm³/mol. The maximum Gasteiger partial charge on any atom is 0.488 e. The first-order chi connectivity index (χ1) is 34.8. The maximum absolute atomic E-state index is 8.58. The van der Waals surface area contributed by atoms with Gasteiger partial charge in [-0.2, -0.15) is 12.6 Å². The van der Waals surface area contributed by atoms with E-state index in [1.807, 2.05) is 18.2 Å². The Bertz CT molecular complexity index is 3070. The minimum absolute atomic E-state index is 0.0845. The molecule has 8 aromatic rings. The zero-order valence-electron chi connectivity index (χ0n) is 47.1. The second-order valence-electron chi connectivity index (χ2n) is 22.5. The number of nitrogens with zero attached hydrogens (tertiary/aromatic N) is 6. The lowest BCUT2D eigenvalue weighted by molar-refractivity contribution is 0.426. The number of benzene rings is 6. The van der Waals surface area contributed by atoms with E-state index in [1.165, 1.54) is 55.9 Å². The van der Waals surface area contributed by atoms with E-state index in [0.29, 0.717) is 5.46 Å². The highest BCUT2D eigenvalue weighted by atomic mass is 79.9. The lowest BCUT2D eigenvalue weighted by atomic mass is 9.81. The van der Waals surface area contributed by atoms with Crippen LogP contribution in [-0.4, -0.2) is 53.0 Å². The minimum Gasteiger partial charge on any atom is -0.423 e. The van der Waals surface area contributed by atoms with Gasteiger partial charge in [0.2, 0.25) is 0 Å². The molecule has 6 aromatic carbocycles. The molecule has 2 heterocycles. The largest absolute Gasteiger partial charge is 0.488 e. The molecule has 74 heavy (non-hydrogen) atoms. The maximum atomic E-state index is 8.58. The van der Waals surface area contributed by atoms with Gasteiger partial charge in [0.25, 0.3) is 0 Å². The van der Waals surface area contributed by atoms with Crippen molar-refractivity contribution in [2.24, 2.45) is 0 Å². The van der Waals surface area contributed by atoms with Crippen LogP contribution in [0, 0.1) is 27.7 Å².